The Kier molecular flexibility index (Phi) is 4.22. The second-order valence-electron chi connectivity index (χ2n) is 4.77. The van der Waals surface area contributed by atoms with Crippen LogP contribution in [-0.4, -0.2) is 4.07 Å². The summed E-state index contributed by atoms with van der Waals surface area (Å²) >= 11 is 5.69. The van der Waals surface area contributed by atoms with Gasteiger partial charge in [0.2, 0.25) is 0 Å². The van der Waals surface area contributed by atoms with Crippen LogP contribution in [-0.2, 0) is 13.0 Å². The van der Waals surface area contributed by atoms with Crippen molar-refractivity contribution in [1.82, 2.24) is 4.07 Å². The van der Waals surface area contributed by atoms with E-state index >= 15 is 0 Å². The Hall–Kier alpha value is -1.85. The Morgan fingerprint density at radius 1 is 0.952 bits per heavy atom. The molecular formula is C16H15N2OS2+. The first-order valence-corrected chi connectivity index (χ1v) is 7.84. The molecule has 0 unspecified atom stereocenters. The van der Waals surface area contributed by atoms with Crippen LogP contribution < -0.4 is 8.83 Å². The van der Waals surface area contributed by atoms with E-state index < -0.39 is 0 Å². The Balaban J connectivity index is 1.88. The van der Waals surface area contributed by atoms with Gasteiger partial charge < -0.3 is 0 Å². The van der Waals surface area contributed by atoms with E-state index in [9.17, 15) is 4.79 Å². The van der Waals surface area contributed by atoms with Crippen molar-refractivity contribution in [2.75, 3.05) is 0 Å². The predicted molar refractivity (Wildman–Crippen MR) is 88.0 cm³/mol. The van der Waals surface area contributed by atoms with Crippen LogP contribution in [0.25, 0.3) is 0 Å². The van der Waals surface area contributed by atoms with Gasteiger partial charge in [-0.25, -0.2) is 0 Å². The number of hydrogen-bond donors (Lipinski definition) is 1. The zero-order valence-electron chi connectivity index (χ0n) is 11.3. The first kappa shape index (κ1) is 14.1. The highest BCUT2D eigenvalue weighted by Gasteiger charge is 2.22. The molecule has 0 aliphatic carbocycles. The van der Waals surface area contributed by atoms with Crippen LogP contribution in [0.2, 0.25) is 0 Å². The minimum absolute atomic E-state index is 0.0600. The van der Waals surface area contributed by atoms with E-state index in [4.69, 9.17) is 0 Å². The molecule has 0 amide bonds. The molecule has 0 spiro atoms. The summed E-state index contributed by atoms with van der Waals surface area (Å²) in [4.78, 5) is 12.2. The summed E-state index contributed by atoms with van der Waals surface area (Å²) in [6.07, 6.45) is 0.599. The van der Waals surface area contributed by atoms with Gasteiger partial charge in [0.15, 0.2) is 12.8 Å². The van der Waals surface area contributed by atoms with Crippen molar-refractivity contribution >= 4 is 24.3 Å². The number of rotatable bonds is 4. The van der Waals surface area contributed by atoms with Gasteiger partial charge >= 0.3 is 4.74 Å². The third-order valence-corrected chi connectivity index (χ3v) is 4.73. The van der Waals surface area contributed by atoms with E-state index in [0.29, 0.717) is 18.7 Å². The third-order valence-electron chi connectivity index (χ3n) is 3.25. The molecule has 0 aliphatic rings. The molecule has 0 bridgehead atoms. The number of hydrogen-bond acceptors (Lipinski definition) is 3. The molecular weight excluding hydrogens is 300 g/mol. The lowest BCUT2D eigenvalue weighted by Gasteiger charge is -1.99. The Morgan fingerprint density at radius 2 is 1.52 bits per heavy atom. The second kappa shape index (κ2) is 6.28. The molecule has 0 aliphatic heterocycles. The van der Waals surface area contributed by atoms with Crippen LogP contribution >= 0.6 is 24.3 Å². The van der Waals surface area contributed by atoms with Crippen molar-refractivity contribution < 1.29 is 4.09 Å². The zero-order chi connectivity index (χ0) is 14.7. The highest BCUT2D eigenvalue weighted by molar-refractivity contribution is 7.73. The first-order valence-electron chi connectivity index (χ1n) is 6.66. The van der Waals surface area contributed by atoms with Gasteiger partial charge in [-0.3, -0.25) is 4.79 Å². The average molecular weight is 315 g/mol. The maximum atomic E-state index is 12.2. The molecule has 21 heavy (non-hydrogen) atoms. The number of aromatic nitrogens is 2. The molecule has 5 heteroatoms. The molecule has 3 aromatic rings. The van der Waals surface area contributed by atoms with E-state index in [1.54, 1.807) is 4.09 Å². The Morgan fingerprint density at radius 3 is 2.14 bits per heavy atom. The summed E-state index contributed by atoms with van der Waals surface area (Å²) in [7, 11) is 0. The zero-order valence-corrected chi connectivity index (χ0v) is 13.1. The van der Waals surface area contributed by atoms with Crippen molar-refractivity contribution in [2.45, 2.75) is 13.0 Å². The van der Waals surface area contributed by atoms with Crippen molar-refractivity contribution in [3.8, 4) is 0 Å². The fourth-order valence-electron chi connectivity index (χ4n) is 2.17. The van der Waals surface area contributed by atoms with Crippen LogP contribution in [0.1, 0.15) is 16.8 Å². The van der Waals surface area contributed by atoms with Crippen LogP contribution in [0.15, 0.2) is 65.5 Å². The topological polar surface area (TPSA) is 25.9 Å². The molecule has 106 valence electrons. The van der Waals surface area contributed by atoms with E-state index in [-0.39, 0.29) is 4.74 Å². The minimum Gasteiger partial charge on any atom is -0.269 e. The summed E-state index contributed by atoms with van der Waals surface area (Å²) in [5.74, 6) is 0. The summed E-state index contributed by atoms with van der Waals surface area (Å²) in [5.41, 5.74) is 2.96. The van der Waals surface area contributed by atoms with Crippen molar-refractivity contribution in [3.05, 3.63) is 87.0 Å². The molecule has 0 saturated carbocycles. The largest absolute Gasteiger partial charge is 0.323 e. The molecule has 1 heterocycles. The number of thiol groups is 1. The van der Waals surface area contributed by atoms with Crippen molar-refractivity contribution in [3.63, 3.8) is 0 Å². The fraction of sp³-hybridized carbons (Fsp3) is 0.125. The van der Waals surface area contributed by atoms with E-state index in [2.05, 4.69) is 12.8 Å². The van der Waals surface area contributed by atoms with Crippen LogP contribution in [0.4, 0.5) is 0 Å². The van der Waals surface area contributed by atoms with Gasteiger partial charge in [-0.1, -0.05) is 64.7 Å². The maximum absolute atomic E-state index is 12.2. The molecule has 0 atom stereocenters. The van der Waals surface area contributed by atoms with Gasteiger partial charge in [-0.15, -0.1) is 0 Å². The maximum Gasteiger partial charge on any atom is 0.323 e. The predicted octanol–water partition coefficient (Wildman–Crippen LogP) is 2.53. The summed E-state index contributed by atoms with van der Waals surface area (Å²) in [6.45, 7) is 0.652. The Bertz CT molecular complexity index is 779. The summed E-state index contributed by atoms with van der Waals surface area (Å²) in [6, 6.07) is 20.0. The van der Waals surface area contributed by atoms with E-state index in [1.807, 2.05) is 64.7 Å². The molecule has 0 fully saturated rings. The highest BCUT2D eigenvalue weighted by Crippen LogP contribution is 2.07. The normalized spacial score (nSPS) is 10.7. The van der Waals surface area contributed by atoms with Gasteiger partial charge in [0.05, 0.1) is 18.0 Å². The van der Waals surface area contributed by atoms with Crippen molar-refractivity contribution in [2.24, 2.45) is 0 Å². The molecule has 3 nitrogen and oxygen atoms in total. The minimum atomic E-state index is 0.0600. The molecule has 0 N–H and O–H groups in total. The first-order chi connectivity index (χ1) is 10.2. The monoisotopic (exact) mass is 315 g/mol. The van der Waals surface area contributed by atoms with Crippen LogP contribution in [0, 0.1) is 0 Å². The third kappa shape index (κ3) is 3.25. The van der Waals surface area contributed by atoms with E-state index in [0.717, 1.165) is 11.1 Å². The lowest BCUT2D eigenvalue weighted by molar-refractivity contribution is -0.590. The molecule has 0 saturated heterocycles. The van der Waals surface area contributed by atoms with Gasteiger partial charge in [0.25, 0.3) is 5.69 Å². The van der Waals surface area contributed by atoms with Gasteiger partial charge in [0.1, 0.15) is 6.54 Å². The van der Waals surface area contributed by atoms with Gasteiger partial charge in [-0.05, 0) is 15.2 Å². The number of benzene rings is 2. The molecule has 2 aromatic carbocycles. The van der Waals surface area contributed by atoms with Crippen molar-refractivity contribution in [1.29, 1.82) is 0 Å². The molecule has 3 rings (SSSR count). The average Bonchev–Trinajstić information content (AvgIpc) is 2.77. The highest BCUT2D eigenvalue weighted by atomic mass is 32.1. The number of nitrogens with zero attached hydrogens (tertiary/aromatic N) is 2. The molecule has 0 radical (unpaired) electrons. The smallest absolute Gasteiger partial charge is 0.269 e. The Labute approximate surface area is 132 Å². The second-order valence-corrected chi connectivity index (χ2v) is 6.13. The molecule has 1 aromatic heterocycles. The fourth-order valence-corrected chi connectivity index (χ4v) is 3.42. The van der Waals surface area contributed by atoms with E-state index in [1.165, 1.54) is 11.5 Å². The van der Waals surface area contributed by atoms with Crippen LogP contribution in [0.3, 0.4) is 0 Å². The van der Waals surface area contributed by atoms with Gasteiger partial charge in [0, 0.05) is 0 Å². The summed E-state index contributed by atoms with van der Waals surface area (Å²) < 4.78 is 3.61. The lowest BCUT2D eigenvalue weighted by atomic mass is 10.1. The summed E-state index contributed by atoms with van der Waals surface area (Å²) in [5, 5.41) is 0. The standard InChI is InChI=1S/C16H15N2OS2/c19-16-15(11-13-7-3-1-4-8-13)18(20)17(21-16)12-14-9-5-2-6-10-14/h1-10,20H,11-12H2/q+1. The van der Waals surface area contributed by atoms with Gasteiger partial charge in [-0.2, -0.15) is 0 Å². The lowest BCUT2D eigenvalue weighted by Crippen LogP contribution is -2.37. The SMILES string of the molecule is O=c1sn(Cc2ccccc2)[n+](S)c1Cc1ccccc1. The quantitative estimate of drug-likeness (QED) is 0.581. The van der Waals surface area contributed by atoms with Crippen LogP contribution in [0.5, 0.6) is 0 Å².